The maximum absolute atomic E-state index is 6.05. The summed E-state index contributed by atoms with van der Waals surface area (Å²) < 4.78 is 12.3. The molecule has 0 saturated heterocycles. The lowest BCUT2D eigenvalue weighted by Gasteiger charge is -2.21. The number of benzene rings is 2. The Morgan fingerprint density at radius 1 is 1.04 bits per heavy atom. The number of rotatable bonds is 6. The van der Waals surface area contributed by atoms with Gasteiger partial charge in [-0.05, 0) is 72.1 Å². The van der Waals surface area contributed by atoms with E-state index < -0.39 is 0 Å². The van der Waals surface area contributed by atoms with E-state index in [1.807, 2.05) is 18.2 Å². The molecule has 2 aromatic carbocycles. The summed E-state index contributed by atoms with van der Waals surface area (Å²) in [5, 5.41) is 4.50. The fourth-order valence-electron chi connectivity index (χ4n) is 2.17. The summed E-state index contributed by atoms with van der Waals surface area (Å²) in [5.74, 6) is 1.34. The minimum absolute atomic E-state index is 0. The van der Waals surface area contributed by atoms with Gasteiger partial charge in [0.1, 0.15) is 6.61 Å². The van der Waals surface area contributed by atoms with Crippen LogP contribution < -0.4 is 14.8 Å². The van der Waals surface area contributed by atoms with Gasteiger partial charge in [-0.2, -0.15) is 0 Å². The summed E-state index contributed by atoms with van der Waals surface area (Å²) in [4.78, 5) is 0. The van der Waals surface area contributed by atoms with Gasteiger partial charge in [-0.25, -0.2) is 0 Å². The quantitative estimate of drug-likeness (QED) is 0.499. The Balaban J connectivity index is 0.00000338. The summed E-state index contributed by atoms with van der Waals surface area (Å²) in [6.07, 6.45) is 0. The molecule has 26 heavy (non-hydrogen) atoms. The summed E-state index contributed by atoms with van der Waals surface area (Å²) in [5.41, 5.74) is 2.09. The SMILES string of the molecule is COc1cc(CNC(C)(C)C)cc(Br)c1OCc1ccc(Cl)c(Cl)c1.Cl. The van der Waals surface area contributed by atoms with Crippen LogP contribution in [0.25, 0.3) is 0 Å². The first-order valence-electron chi connectivity index (χ1n) is 7.88. The molecule has 0 amide bonds. The van der Waals surface area contributed by atoms with Crippen molar-refractivity contribution >= 4 is 51.5 Å². The van der Waals surface area contributed by atoms with Gasteiger partial charge >= 0.3 is 0 Å². The Bertz CT molecular complexity index is 748. The van der Waals surface area contributed by atoms with Crippen LogP contribution in [0.3, 0.4) is 0 Å². The van der Waals surface area contributed by atoms with Crippen molar-refractivity contribution in [2.24, 2.45) is 0 Å². The first-order valence-corrected chi connectivity index (χ1v) is 9.42. The molecule has 0 aliphatic rings. The van der Waals surface area contributed by atoms with Gasteiger partial charge in [0, 0.05) is 12.1 Å². The van der Waals surface area contributed by atoms with Crippen LogP contribution in [0.4, 0.5) is 0 Å². The molecular weight excluding hydrogens is 460 g/mol. The van der Waals surface area contributed by atoms with E-state index in [-0.39, 0.29) is 17.9 Å². The lowest BCUT2D eigenvalue weighted by atomic mass is 10.1. The molecular formula is C19H23BrCl3NO2. The van der Waals surface area contributed by atoms with E-state index in [9.17, 15) is 0 Å². The van der Waals surface area contributed by atoms with Crippen molar-refractivity contribution in [1.29, 1.82) is 0 Å². The third-order valence-corrected chi connectivity index (χ3v) is 4.81. The van der Waals surface area contributed by atoms with Crippen molar-refractivity contribution in [1.82, 2.24) is 5.32 Å². The zero-order valence-electron chi connectivity index (χ0n) is 15.2. The van der Waals surface area contributed by atoms with Crippen molar-refractivity contribution in [3.63, 3.8) is 0 Å². The molecule has 144 valence electrons. The summed E-state index contributed by atoms with van der Waals surface area (Å²) in [6.45, 7) is 7.51. The molecule has 0 aliphatic carbocycles. The second kappa shape index (κ2) is 10.0. The lowest BCUT2D eigenvalue weighted by molar-refractivity contribution is 0.282. The average molecular weight is 484 g/mol. The van der Waals surface area contributed by atoms with Crippen molar-refractivity contribution in [2.45, 2.75) is 39.5 Å². The smallest absolute Gasteiger partial charge is 0.175 e. The number of hydrogen-bond donors (Lipinski definition) is 1. The number of nitrogens with one attached hydrogen (secondary N) is 1. The van der Waals surface area contributed by atoms with Crippen LogP contribution in [-0.2, 0) is 13.2 Å². The molecule has 0 bridgehead atoms. The Hall–Kier alpha value is -0.650. The van der Waals surface area contributed by atoms with E-state index in [1.165, 1.54) is 0 Å². The molecule has 0 heterocycles. The summed E-state index contributed by atoms with van der Waals surface area (Å²) in [7, 11) is 1.63. The second-order valence-corrected chi connectivity index (χ2v) is 8.42. The molecule has 0 unspecified atom stereocenters. The molecule has 2 rings (SSSR count). The summed E-state index contributed by atoms with van der Waals surface area (Å²) in [6, 6.07) is 9.46. The highest BCUT2D eigenvalue weighted by molar-refractivity contribution is 9.10. The minimum atomic E-state index is 0. The van der Waals surface area contributed by atoms with Crippen LogP contribution >= 0.6 is 51.5 Å². The number of halogens is 4. The van der Waals surface area contributed by atoms with Crippen molar-refractivity contribution in [3.05, 3.63) is 56.0 Å². The molecule has 0 saturated carbocycles. The first-order chi connectivity index (χ1) is 11.7. The van der Waals surface area contributed by atoms with Gasteiger partial charge in [0.15, 0.2) is 11.5 Å². The molecule has 1 N–H and O–H groups in total. The Labute approximate surface area is 179 Å². The predicted octanol–water partition coefficient (Wildman–Crippen LogP) is 6.65. The average Bonchev–Trinajstić information content (AvgIpc) is 2.54. The molecule has 2 aromatic rings. The molecule has 0 atom stereocenters. The van der Waals surface area contributed by atoms with Crippen LogP contribution in [0.2, 0.25) is 10.0 Å². The number of hydrogen-bond acceptors (Lipinski definition) is 3. The standard InChI is InChI=1S/C19H22BrCl2NO2.ClH/c1-19(2,3)23-10-13-7-14(20)18(17(9-13)24-4)25-11-12-5-6-15(21)16(22)8-12;/h5-9,23H,10-11H2,1-4H3;1H. The zero-order valence-corrected chi connectivity index (χ0v) is 19.1. The van der Waals surface area contributed by atoms with Crippen molar-refractivity contribution in [2.75, 3.05) is 7.11 Å². The van der Waals surface area contributed by atoms with Gasteiger partial charge in [-0.15, -0.1) is 12.4 Å². The normalized spacial score (nSPS) is 11.0. The van der Waals surface area contributed by atoms with E-state index in [4.69, 9.17) is 32.7 Å². The Morgan fingerprint density at radius 2 is 1.73 bits per heavy atom. The van der Waals surface area contributed by atoms with Gasteiger partial charge in [0.25, 0.3) is 0 Å². The molecule has 0 fully saturated rings. The van der Waals surface area contributed by atoms with Crippen molar-refractivity contribution < 1.29 is 9.47 Å². The zero-order chi connectivity index (χ0) is 18.6. The van der Waals surface area contributed by atoms with E-state index in [2.05, 4.69) is 42.0 Å². The van der Waals surface area contributed by atoms with Gasteiger partial charge in [0.05, 0.1) is 21.6 Å². The van der Waals surface area contributed by atoms with Crippen LogP contribution in [0.1, 0.15) is 31.9 Å². The second-order valence-electron chi connectivity index (χ2n) is 6.75. The monoisotopic (exact) mass is 481 g/mol. The summed E-state index contributed by atoms with van der Waals surface area (Å²) >= 11 is 15.6. The largest absolute Gasteiger partial charge is 0.493 e. The molecule has 3 nitrogen and oxygen atoms in total. The topological polar surface area (TPSA) is 30.5 Å². The first kappa shape index (κ1) is 23.4. The van der Waals surface area contributed by atoms with Crippen molar-refractivity contribution in [3.8, 4) is 11.5 Å². The molecule has 0 radical (unpaired) electrons. The maximum atomic E-state index is 6.05. The highest BCUT2D eigenvalue weighted by Gasteiger charge is 2.14. The van der Waals surface area contributed by atoms with Crippen LogP contribution in [0.5, 0.6) is 11.5 Å². The molecule has 0 aromatic heterocycles. The minimum Gasteiger partial charge on any atom is -0.493 e. The van der Waals surface area contributed by atoms with Gasteiger partial charge < -0.3 is 14.8 Å². The lowest BCUT2D eigenvalue weighted by Crippen LogP contribution is -2.35. The fourth-order valence-corrected chi connectivity index (χ4v) is 3.09. The molecule has 7 heteroatoms. The van der Waals surface area contributed by atoms with Gasteiger partial charge in [0.2, 0.25) is 0 Å². The Kier molecular flexibility index (Phi) is 9.04. The maximum Gasteiger partial charge on any atom is 0.175 e. The number of ether oxygens (including phenoxy) is 2. The molecule has 0 aliphatic heterocycles. The van der Waals surface area contributed by atoms with E-state index >= 15 is 0 Å². The predicted molar refractivity (Wildman–Crippen MR) is 115 cm³/mol. The highest BCUT2D eigenvalue weighted by atomic mass is 79.9. The van der Waals surface area contributed by atoms with Crippen LogP contribution in [-0.4, -0.2) is 12.6 Å². The van der Waals surface area contributed by atoms with E-state index in [1.54, 1.807) is 19.2 Å². The third kappa shape index (κ3) is 6.82. The van der Waals surface area contributed by atoms with E-state index in [0.29, 0.717) is 28.2 Å². The Morgan fingerprint density at radius 3 is 2.31 bits per heavy atom. The van der Waals surface area contributed by atoms with Gasteiger partial charge in [-0.1, -0.05) is 29.3 Å². The van der Waals surface area contributed by atoms with Crippen LogP contribution in [0.15, 0.2) is 34.8 Å². The highest BCUT2D eigenvalue weighted by Crippen LogP contribution is 2.37. The van der Waals surface area contributed by atoms with Gasteiger partial charge in [-0.3, -0.25) is 0 Å². The third-order valence-electron chi connectivity index (χ3n) is 3.48. The van der Waals surface area contributed by atoms with Crippen LogP contribution in [0, 0.1) is 0 Å². The van der Waals surface area contributed by atoms with E-state index in [0.717, 1.165) is 22.1 Å². The molecule has 0 spiro atoms. The number of methoxy groups -OCH3 is 1. The fraction of sp³-hybridized carbons (Fsp3) is 0.368.